The monoisotopic (exact) mass is 337 g/mol. The molecule has 2 amide bonds. The second-order valence-corrected chi connectivity index (χ2v) is 6.07. The number of benzene rings is 1. The molecule has 2 N–H and O–H groups in total. The minimum Gasteiger partial charge on any atom is -0.496 e. The van der Waals surface area contributed by atoms with Crippen LogP contribution in [0.25, 0.3) is 0 Å². The van der Waals surface area contributed by atoms with E-state index in [0.29, 0.717) is 11.8 Å². The van der Waals surface area contributed by atoms with Gasteiger partial charge in [-0.25, -0.2) is 4.79 Å². The van der Waals surface area contributed by atoms with Crippen LogP contribution in [0.2, 0.25) is 0 Å². The minimum absolute atomic E-state index is 0.230. The molecule has 0 bridgehead atoms. The van der Waals surface area contributed by atoms with E-state index in [-0.39, 0.29) is 12.1 Å². The Morgan fingerprint density at radius 1 is 1.50 bits per heavy atom. The summed E-state index contributed by atoms with van der Waals surface area (Å²) in [6.07, 6.45) is 2.37. The van der Waals surface area contributed by atoms with Crippen LogP contribution < -0.4 is 10.5 Å². The van der Waals surface area contributed by atoms with Crippen molar-refractivity contribution in [3.8, 4) is 5.75 Å². The Balaban J connectivity index is 1.91. The lowest BCUT2D eigenvalue weighted by atomic mass is 10.0. The van der Waals surface area contributed by atoms with E-state index in [1.165, 1.54) is 12.8 Å². The van der Waals surface area contributed by atoms with E-state index in [9.17, 15) is 4.79 Å². The van der Waals surface area contributed by atoms with Crippen molar-refractivity contribution in [1.82, 2.24) is 4.90 Å². The van der Waals surface area contributed by atoms with Crippen molar-refractivity contribution >= 4 is 27.8 Å². The zero-order valence-electron chi connectivity index (χ0n) is 11.2. The second-order valence-electron chi connectivity index (χ2n) is 5.21. The molecule has 1 saturated carbocycles. The summed E-state index contributed by atoms with van der Waals surface area (Å²) in [5, 5.41) is 0. The van der Waals surface area contributed by atoms with E-state index < -0.39 is 0 Å². The fraction of sp³-hybridized carbons (Fsp3) is 0.429. The van der Waals surface area contributed by atoms with Crippen LogP contribution in [0.15, 0.2) is 27.7 Å². The van der Waals surface area contributed by atoms with E-state index >= 15 is 0 Å². The molecule has 5 nitrogen and oxygen atoms in total. The summed E-state index contributed by atoms with van der Waals surface area (Å²) in [6.45, 7) is 0.733. The predicted molar refractivity (Wildman–Crippen MR) is 79.9 cm³/mol. The Labute approximate surface area is 125 Å². The summed E-state index contributed by atoms with van der Waals surface area (Å²) in [4.78, 5) is 17.6. The van der Waals surface area contributed by atoms with Crippen LogP contribution in [0.3, 0.4) is 0 Å². The van der Waals surface area contributed by atoms with Gasteiger partial charge in [-0.3, -0.25) is 0 Å². The summed E-state index contributed by atoms with van der Waals surface area (Å²) in [6, 6.07) is 5.24. The molecule has 3 rings (SSSR count). The first-order valence-electron chi connectivity index (χ1n) is 6.58. The number of amidine groups is 1. The fourth-order valence-electron chi connectivity index (χ4n) is 2.47. The van der Waals surface area contributed by atoms with Crippen molar-refractivity contribution < 1.29 is 9.53 Å². The molecule has 0 spiro atoms. The van der Waals surface area contributed by atoms with Crippen LogP contribution in [0, 0.1) is 5.92 Å². The van der Waals surface area contributed by atoms with Crippen molar-refractivity contribution in [3.63, 3.8) is 0 Å². The molecular formula is C14H16BrN3O2. The lowest BCUT2D eigenvalue weighted by Crippen LogP contribution is -2.34. The van der Waals surface area contributed by atoms with Crippen LogP contribution >= 0.6 is 15.9 Å². The highest BCUT2D eigenvalue weighted by Crippen LogP contribution is 2.37. The van der Waals surface area contributed by atoms with Crippen molar-refractivity contribution in [2.75, 3.05) is 13.7 Å². The summed E-state index contributed by atoms with van der Waals surface area (Å²) < 4.78 is 6.07. The fourth-order valence-corrected chi connectivity index (χ4v) is 3.03. The van der Waals surface area contributed by atoms with Gasteiger partial charge in [-0.15, -0.1) is 0 Å². The van der Waals surface area contributed by atoms with Gasteiger partial charge in [0, 0.05) is 6.54 Å². The molecule has 6 heteroatoms. The number of methoxy groups -OCH3 is 1. The standard InChI is InChI=1S/C14H16BrN3O2/c1-20-11-5-4-9(6-10(11)15)12-13(16)17-14(19)18(12)7-8-2-3-8/h4-6,8,12H,2-3,7H2,1H3,(H2,16,17,19). The van der Waals surface area contributed by atoms with Gasteiger partial charge in [-0.2, -0.15) is 4.99 Å². The molecule has 1 aliphatic carbocycles. The molecule has 1 unspecified atom stereocenters. The van der Waals surface area contributed by atoms with Gasteiger partial charge in [0.2, 0.25) is 0 Å². The number of aliphatic imine (C=N–C) groups is 1. The number of ether oxygens (including phenoxy) is 1. The number of halogens is 1. The van der Waals surface area contributed by atoms with Gasteiger partial charge in [0.1, 0.15) is 17.6 Å². The summed E-state index contributed by atoms with van der Waals surface area (Å²) >= 11 is 3.46. The number of hydrogen-bond donors (Lipinski definition) is 1. The normalized spacial score (nSPS) is 22.1. The SMILES string of the molecule is COc1ccc(C2C(N)=NC(=O)N2CC2CC2)cc1Br. The highest BCUT2D eigenvalue weighted by atomic mass is 79.9. The largest absolute Gasteiger partial charge is 0.496 e. The smallest absolute Gasteiger partial charge is 0.346 e. The molecule has 1 aromatic carbocycles. The lowest BCUT2D eigenvalue weighted by molar-refractivity contribution is 0.204. The van der Waals surface area contributed by atoms with Gasteiger partial charge in [0.15, 0.2) is 0 Å². The number of nitrogens with two attached hydrogens (primary N) is 1. The molecule has 0 aromatic heterocycles. The Hall–Kier alpha value is -1.56. The van der Waals surface area contributed by atoms with Crippen molar-refractivity contribution in [2.45, 2.75) is 18.9 Å². The number of carbonyl (C=O) groups excluding carboxylic acids is 1. The average Bonchev–Trinajstić information content (AvgIpc) is 3.17. The molecular weight excluding hydrogens is 322 g/mol. The maximum absolute atomic E-state index is 12.0. The third-order valence-electron chi connectivity index (χ3n) is 3.71. The number of hydrogen-bond acceptors (Lipinski definition) is 3. The van der Waals surface area contributed by atoms with E-state index in [2.05, 4.69) is 20.9 Å². The van der Waals surface area contributed by atoms with Crippen LogP contribution in [-0.2, 0) is 0 Å². The average molecular weight is 338 g/mol. The Morgan fingerprint density at radius 2 is 2.25 bits per heavy atom. The molecule has 1 fully saturated rings. The van der Waals surface area contributed by atoms with E-state index in [0.717, 1.165) is 22.3 Å². The predicted octanol–water partition coefficient (Wildman–Crippen LogP) is 2.70. The number of amides is 2. The maximum atomic E-state index is 12.0. The number of rotatable bonds is 4. The topological polar surface area (TPSA) is 67.9 Å². The third-order valence-corrected chi connectivity index (χ3v) is 4.33. The highest BCUT2D eigenvalue weighted by Gasteiger charge is 2.38. The van der Waals surface area contributed by atoms with Crippen LogP contribution in [0.4, 0.5) is 4.79 Å². The lowest BCUT2D eigenvalue weighted by Gasteiger charge is -2.24. The van der Waals surface area contributed by atoms with Crippen LogP contribution in [0.1, 0.15) is 24.4 Å². The molecule has 20 heavy (non-hydrogen) atoms. The maximum Gasteiger partial charge on any atom is 0.346 e. The first kappa shape index (κ1) is 13.4. The van der Waals surface area contributed by atoms with Gasteiger partial charge < -0.3 is 15.4 Å². The van der Waals surface area contributed by atoms with Gasteiger partial charge in [0.05, 0.1) is 11.6 Å². The molecule has 0 saturated heterocycles. The van der Waals surface area contributed by atoms with Crippen molar-refractivity contribution in [1.29, 1.82) is 0 Å². The number of carbonyl (C=O) groups is 1. The quantitative estimate of drug-likeness (QED) is 0.918. The molecule has 1 aliphatic heterocycles. The first-order chi connectivity index (χ1) is 9.60. The Bertz CT molecular complexity index is 584. The van der Waals surface area contributed by atoms with Gasteiger partial charge in [-0.05, 0) is 52.4 Å². The van der Waals surface area contributed by atoms with Gasteiger partial charge >= 0.3 is 6.03 Å². The summed E-state index contributed by atoms with van der Waals surface area (Å²) in [5.41, 5.74) is 6.90. The minimum atomic E-state index is -0.259. The van der Waals surface area contributed by atoms with Crippen LogP contribution in [0.5, 0.6) is 5.75 Å². The van der Waals surface area contributed by atoms with E-state index in [4.69, 9.17) is 10.5 Å². The first-order valence-corrected chi connectivity index (χ1v) is 7.37. The Kier molecular flexibility index (Phi) is 3.41. The van der Waals surface area contributed by atoms with Crippen molar-refractivity contribution in [3.05, 3.63) is 28.2 Å². The van der Waals surface area contributed by atoms with Crippen LogP contribution in [-0.4, -0.2) is 30.4 Å². The second kappa shape index (κ2) is 5.09. The molecule has 106 valence electrons. The zero-order valence-corrected chi connectivity index (χ0v) is 12.8. The Morgan fingerprint density at radius 3 is 2.85 bits per heavy atom. The van der Waals surface area contributed by atoms with E-state index in [1.54, 1.807) is 12.0 Å². The highest BCUT2D eigenvalue weighted by molar-refractivity contribution is 9.10. The number of nitrogens with zero attached hydrogens (tertiary/aromatic N) is 2. The molecule has 2 aliphatic rings. The van der Waals surface area contributed by atoms with Gasteiger partial charge in [0.25, 0.3) is 0 Å². The molecule has 1 atom stereocenters. The zero-order chi connectivity index (χ0) is 14.3. The van der Waals surface area contributed by atoms with Gasteiger partial charge in [-0.1, -0.05) is 6.07 Å². The molecule has 1 aromatic rings. The molecule has 1 heterocycles. The number of urea groups is 1. The summed E-state index contributed by atoms with van der Waals surface area (Å²) in [5.74, 6) is 1.72. The molecule has 0 radical (unpaired) electrons. The van der Waals surface area contributed by atoms with Crippen molar-refractivity contribution in [2.24, 2.45) is 16.6 Å². The third kappa shape index (κ3) is 2.40. The van der Waals surface area contributed by atoms with E-state index in [1.807, 2.05) is 18.2 Å². The summed E-state index contributed by atoms with van der Waals surface area (Å²) in [7, 11) is 1.62.